The minimum atomic E-state index is -0.876. The van der Waals surface area contributed by atoms with Crippen LogP contribution in [0, 0.1) is 0 Å². The van der Waals surface area contributed by atoms with E-state index in [-0.39, 0.29) is 36.2 Å². The molecule has 0 aliphatic rings. The monoisotopic (exact) mass is 737 g/mol. The van der Waals surface area contributed by atoms with Gasteiger partial charge in [0.25, 0.3) is 0 Å². The number of carboxylic acids is 1. The minimum Gasteiger partial charge on any atom is -0.477 e. The van der Waals surface area contributed by atoms with Gasteiger partial charge in [-0.2, -0.15) is 0 Å². The van der Waals surface area contributed by atoms with E-state index in [0.717, 1.165) is 64.2 Å². The number of quaternary nitrogens is 1. The van der Waals surface area contributed by atoms with Gasteiger partial charge in [0.15, 0.2) is 12.1 Å². The number of carboxylic acid groups (broad SMARTS) is 1. The van der Waals surface area contributed by atoms with E-state index in [4.69, 9.17) is 14.2 Å². The molecule has 0 heterocycles. The maximum atomic E-state index is 12.7. The highest BCUT2D eigenvalue weighted by Crippen LogP contribution is 2.15. The molecule has 0 aromatic carbocycles. The van der Waals surface area contributed by atoms with Gasteiger partial charge in [-0.1, -0.05) is 147 Å². The molecule has 304 valence electrons. The Morgan fingerprint density at radius 2 is 1.02 bits per heavy atom. The summed E-state index contributed by atoms with van der Waals surface area (Å²) in [5.41, 5.74) is 0. The van der Waals surface area contributed by atoms with Crippen molar-refractivity contribution in [3.8, 4) is 0 Å². The standard InChI is InChI=1S/C44H81NO7/c1-6-8-10-12-14-16-18-20-21-23-24-26-28-30-32-34-42(46)51-39-40(38-50-37-36-41(44(48)49)45(3,4)5)52-43(47)35-33-31-29-27-25-22-19-17-15-13-11-9-7-2/h14,16,20-21,40-41H,6-13,15,17-19,22-39H2,1-5H3/p+1/b16-14-,21-20-. The summed E-state index contributed by atoms with van der Waals surface area (Å²) in [6.07, 6.45) is 37.8. The number of rotatable bonds is 38. The van der Waals surface area contributed by atoms with Crippen LogP contribution < -0.4 is 0 Å². The van der Waals surface area contributed by atoms with Crippen LogP contribution in [0.15, 0.2) is 24.3 Å². The van der Waals surface area contributed by atoms with Gasteiger partial charge in [-0.3, -0.25) is 9.59 Å². The molecule has 0 amide bonds. The van der Waals surface area contributed by atoms with Crippen molar-refractivity contribution < 1.29 is 38.2 Å². The Morgan fingerprint density at radius 3 is 1.52 bits per heavy atom. The third-order valence-electron chi connectivity index (χ3n) is 9.60. The molecule has 0 aliphatic heterocycles. The average Bonchev–Trinajstić information content (AvgIpc) is 3.09. The third kappa shape index (κ3) is 33.6. The zero-order valence-corrected chi connectivity index (χ0v) is 34.5. The highest BCUT2D eigenvalue weighted by Gasteiger charge is 2.31. The summed E-state index contributed by atoms with van der Waals surface area (Å²) in [4.78, 5) is 36.9. The van der Waals surface area contributed by atoms with Gasteiger partial charge in [-0.05, 0) is 44.9 Å². The van der Waals surface area contributed by atoms with Crippen LogP contribution >= 0.6 is 0 Å². The van der Waals surface area contributed by atoms with E-state index >= 15 is 0 Å². The first-order chi connectivity index (χ1) is 25.1. The quantitative estimate of drug-likeness (QED) is 0.0291. The molecule has 0 bridgehead atoms. The summed E-state index contributed by atoms with van der Waals surface area (Å²) in [7, 11) is 5.52. The molecule has 8 nitrogen and oxygen atoms in total. The fourth-order valence-electron chi connectivity index (χ4n) is 6.24. The number of unbranched alkanes of at least 4 members (excludes halogenated alkanes) is 20. The van der Waals surface area contributed by atoms with Gasteiger partial charge in [0.1, 0.15) is 6.61 Å². The highest BCUT2D eigenvalue weighted by atomic mass is 16.6. The molecule has 0 aromatic rings. The zero-order chi connectivity index (χ0) is 38.5. The molecule has 0 spiro atoms. The van der Waals surface area contributed by atoms with Crippen LogP contribution in [-0.2, 0) is 28.6 Å². The molecule has 52 heavy (non-hydrogen) atoms. The van der Waals surface area contributed by atoms with Crippen molar-refractivity contribution in [3.63, 3.8) is 0 Å². The number of esters is 2. The van der Waals surface area contributed by atoms with Crippen molar-refractivity contribution in [1.29, 1.82) is 0 Å². The SMILES string of the molecule is CCCCC/C=C\C/C=C\CCCCCCCC(=O)OCC(COCCC(C(=O)O)[N+](C)(C)C)OC(=O)CCCCCCCCCCCCCCC. The number of hydrogen-bond donors (Lipinski definition) is 1. The number of hydrogen-bond acceptors (Lipinski definition) is 6. The summed E-state index contributed by atoms with van der Waals surface area (Å²) in [5, 5.41) is 9.60. The third-order valence-corrected chi connectivity index (χ3v) is 9.60. The van der Waals surface area contributed by atoms with Gasteiger partial charge in [0.2, 0.25) is 0 Å². The Morgan fingerprint density at radius 1 is 0.577 bits per heavy atom. The fraction of sp³-hybridized carbons (Fsp3) is 0.841. The summed E-state index contributed by atoms with van der Waals surface area (Å²) in [6.45, 7) is 4.70. The van der Waals surface area contributed by atoms with Crippen LogP contribution in [0.5, 0.6) is 0 Å². The summed E-state index contributed by atoms with van der Waals surface area (Å²) >= 11 is 0. The van der Waals surface area contributed by atoms with Gasteiger partial charge >= 0.3 is 17.9 Å². The van der Waals surface area contributed by atoms with Gasteiger partial charge in [-0.25, -0.2) is 4.79 Å². The number of aliphatic carboxylic acids is 1. The van der Waals surface area contributed by atoms with Gasteiger partial charge < -0.3 is 23.8 Å². The van der Waals surface area contributed by atoms with Crippen LogP contribution in [0.2, 0.25) is 0 Å². The predicted molar refractivity (Wildman–Crippen MR) is 215 cm³/mol. The minimum absolute atomic E-state index is 0.0544. The first-order valence-electron chi connectivity index (χ1n) is 21.4. The predicted octanol–water partition coefficient (Wildman–Crippen LogP) is 11.3. The fourth-order valence-corrected chi connectivity index (χ4v) is 6.24. The topological polar surface area (TPSA) is 99.1 Å². The second-order valence-corrected chi connectivity index (χ2v) is 15.6. The molecule has 8 heteroatoms. The van der Waals surface area contributed by atoms with E-state index < -0.39 is 18.1 Å². The van der Waals surface area contributed by atoms with Gasteiger partial charge in [0.05, 0.1) is 34.4 Å². The average molecular weight is 737 g/mol. The van der Waals surface area contributed by atoms with Gasteiger partial charge in [-0.15, -0.1) is 0 Å². The molecule has 0 saturated carbocycles. The van der Waals surface area contributed by atoms with E-state index in [1.165, 1.54) is 89.9 Å². The Balaban J connectivity index is 4.37. The summed E-state index contributed by atoms with van der Waals surface area (Å²) in [5.74, 6) is -1.48. The highest BCUT2D eigenvalue weighted by molar-refractivity contribution is 5.72. The van der Waals surface area contributed by atoms with E-state index in [9.17, 15) is 19.5 Å². The molecule has 0 aliphatic carbocycles. The number of allylic oxidation sites excluding steroid dienone is 4. The lowest BCUT2D eigenvalue weighted by Crippen LogP contribution is -2.50. The molecule has 1 N–H and O–H groups in total. The lowest BCUT2D eigenvalue weighted by molar-refractivity contribution is -0.887. The van der Waals surface area contributed by atoms with Crippen LogP contribution in [-0.4, -0.2) is 80.6 Å². The van der Waals surface area contributed by atoms with Crippen LogP contribution in [0.3, 0.4) is 0 Å². The molecule has 2 unspecified atom stereocenters. The first-order valence-corrected chi connectivity index (χ1v) is 21.4. The van der Waals surface area contributed by atoms with Crippen LogP contribution in [0.1, 0.15) is 187 Å². The molecule has 0 saturated heterocycles. The second-order valence-electron chi connectivity index (χ2n) is 15.6. The molecule has 0 aromatic heterocycles. The van der Waals surface area contributed by atoms with Crippen molar-refractivity contribution in [2.24, 2.45) is 0 Å². The van der Waals surface area contributed by atoms with E-state index in [1.54, 1.807) is 0 Å². The Kier molecular flexibility index (Phi) is 34.3. The molecule has 0 fully saturated rings. The Labute approximate surface area is 320 Å². The summed E-state index contributed by atoms with van der Waals surface area (Å²) in [6, 6.07) is -0.613. The Bertz CT molecular complexity index is 911. The van der Waals surface area contributed by atoms with E-state index in [0.29, 0.717) is 19.3 Å². The van der Waals surface area contributed by atoms with Crippen molar-refractivity contribution in [1.82, 2.24) is 0 Å². The first kappa shape index (κ1) is 49.8. The lowest BCUT2D eigenvalue weighted by Gasteiger charge is -2.31. The molecular formula is C44H82NO7+. The number of ether oxygens (including phenoxy) is 3. The largest absolute Gasteiger partial charge is 0.477 e. The van der Waals surface area contributed by atoms with Gasteiger partial charge in [0, 0.05) is 19.3 Å². The summed E-state index contributed by atoms with van der Waals surface area (Å²) < 4.78 is 17.2. The second kappa shape index (κ2) is 35.8. The zero-order valence-electron chi connectivity index (χ0n) is 34.5. The maximum absolute atomic E-state index is 12.7. The molecule has 0 radical (unpaired) electrons. The molecule has 2 atom stereocenters. The smallest absolute Gasteiger partial charge is 0.362 e. The molecular weight excluding hydrogens is 654 g/mol. The maximum Gasteiger partial charge on any atom is 0.362 e. The van der Waals surface area contributed by atoms with Crippen molar-refractivity contribution >= 4 is 17.9 Å². The van der Waals surface area contributed by atoms with Crippen molar-refractivity contribution in [2.45, 2.75) is 199 Å². The van der Waals surface area contributed by atoms with Crippen LogP contribution in [0.4, 0.5) is 0 Å². The van der Waals surface area contributed by atoms with E-state index in [2.05, 4.69) is 38.2 Å². The number of carbonyl (C=O) groups excluding carboxylic acids is 2. The number of likely N-dealkylation sites (N-methyl/N-ethyl adjacent to an activating group) is 1. The number of nitrogens with zero attached hydrogens (tertiary/aromatic N) is 1. The normalized spacial score (nSPS) is 13.2. The lowest BCUT2D eigenvalue weighted by atomic mass is 10.0. The molecule has 0 rings (SSSR count). The Hall–Kier alpha value is -2.19. The van der Waals surface area contributed by atoms with E-state index in [1.807, 2.05) is 21.1 Å². The number of carbonyl (C=O) groups is 3. The van der Waals surface area contributed by atoms with Crippen molar-refractivity contribution in [3.05, 3.63) is 24.3 Å². The van der Waals surface area contributed by atoms with Crippen LogP contribution in [0.25, 0.3) is 0 Å². The van der Waals surface area contributed by atoms with Crippen molar-refractivity contribution in [2.75, 3.05) is 41.0 Å².